The first-order chi connectivity index (χ1) is 16.6. The molecule has 190 valence electrons. The summed E-state index contributed by atoms with van der Waals surface area (Å²) in [5, 5.41) is 24.9. The number of amides is 3. The van der Waals surface area contributed by atoms with Gasteiger partial charge in [0.2, 0.25) is 23.5 Å². The van der Waals surface area contributed by atoms with Crippen molar-refractivity contribution in [3.05, 3.63) is 47.4 Å². The van der Waals surface area contributed by atoms with Gasteiger partial charge in [0.25, 0.3) is 0 Å². The molecule has 0 radical (unpaired) electrons. The predicted molar refractivity (Wildman–Crippen MR) is 124 cm³/mol. The fourth-order valence-corrected chi connectivity index (χ4v) is 3.28. The van der Waals surface area contributed by atoms with Crippen LogP contribution in [-0.2, 0) is 40.1 Å². The van der Waals surface area contributed by atoms with Crippen LogP contribution in [0.5, 0.6) is 0 Å². The third-order valence-electron chi connectivity index (χ3n) is 4.68. The average molecular weight is 510 g/mol. The number of benzene rings is 1. The van der Waals surface area contributed by atoms with Crippen molar-refractivity contribution in [2.75, 3.05) is 32.4 Å². The Hall–Kier alpha value is -3.58. The number of hydrogen-bond donors (Lipinski definition) is 4. The lowest BCUT2D eigenvalue weighted by Gasteiger charge is -2.25. The van der Waals surface area contributed by atoms with Crippen LogP contribution in [0.2, 0.25) is 0 Å². The maximum absolute atomic E-state index is 12.3. The molecule has 1 aromatic carbocycles. The Morgan fingerprint density at radius 1 is 1.14 bits per heavy atom. The number of cyclic esters (lactones) is 1. The number of ether oxygens (including phenoxy) is 2. The van der Waals surface area contributed by atoms with E-state index in [-0.39, 0.29) is 36.3 Å². The summed E-state index contributed by atoms with van der Waals surface area (Å²) in [6.07, 6.45) is -2.74. The smallest absolute Gasteiger partial charge is 0.378 e. The Bertz CT molecular complexity index is 984. The van der Waals surface area contributed by atoms with Crippen LogP contribution in [0.1, 0.15) is 12.5 Å². The summed E-state index contributed by atoms with van der Waals surface area (Å²) in [7, 11) is 1.36. The fourth-order valence-electron chi connectivity index (χ4n) is 2.85. The van der Waals surface area contributed by atoms with E-state index >= 15 is 0 Å². The van der Waals surface area contributed by atoms with Crippen molar-refractivity contribution in [1.82, 2.24) is 15.5 Å². The Morgan fingerprint density at radius 2 is 1.80 bits per heavy atom. The summed E-state index contributed by atoms with van der Waals surface area (Å²) in [6, 6.07) is 8.94. The largest absolute Gasteiger partial charge is 0.499 e. The third-order valence-corrected chi connectivity index (χ3v) is 5.49. The van der Waals surface area contributed by atoms with E-state index < -0.39 is 48.2 Å². The van der Waals surface area contributed by atoms with E-state index in [9.17, 15) is 34.2 Å². The number of nitrogens with zero attached hydrogens (tertiary/aromatic N) is 1. The van der Waals surface area contributed by atoms with Crippen molar-refractivity contribution in [3.8, 4) is 0 Å². The van der Waals surface area contributed by atoms with Gasteiger partial charge in [0, 0.05) is 14.0 Å². The molecule has 2 rings (SSSR count). The highest BCUT2D eigenvalue weighted by molar-refractivity contribution is 8.14. The standard InChI is InChI=1S/C22H27N3O9S/c1-13(26)35-12-17(29)23-8-16(28)24-9-18(30)25(2)10-15(27)20-21(19(31)22(32)34-20)33-11-14-6-4-3-5-7-14/h3-7,15,20,27,31H,8-12H2,1-2H3,(H,23,29)(H,24,28). The van der Waals surface area contributed by atoms with Gasteiger partial charge in [0.1, 0.15) is 12.7 Å². The molecule has 0 aromatic heterocycles. The highest BCUT2D eigenvalue weighted by atomic mass is 32.2. The summed E-state index contributed by atoms with van der Waals surface area (Å²) < 4.78 is 10.5. The number of rotatable bonds is 12. The highest BCUT2D eigenvalue weighted by Gasteiger charge is 2.41. The van der Waals surface area contributed by atoms with Gasteiger partial charge in [0.15, 0.2) is 17.0 Å². The van der Waals surface area contributed by atoms with Crippen molar-refractivity contribution in [3.63, 3.8) is 0 Å². The second-order valence-electron chi connectivity index (χ2n) is 7.49. The molecule has 2 unspecified atom stereocenters. The molecule has 35 heavy (non-hydrogen) atoms. The third kappa shape index (κ3) is 8.94. The molecular weight excluding hydrogens is 482 g/mol. The Kier molecular flexibility index (Phi) is 10.5. The molecule has 1 aliphatic heterocycles. The van der Waals surface area contributed by atoms with Crippen LogP contribution >= 0.6 is 11.8 Å². The van der Waals surface area contributed by atoms with Crippen LogP contribution in [0.15, 0.2) is 41.9 Å². The zero-order valence-corrected chi connectivity index (χ0v) is 20.0. The second-order valence-corrected chi connectivity index (χ2v) is 8.64. The fraction of sp³-hybridized carbons (Fsp3) is 0.409. The van der Waals surface area contributed by atoms with Crippen LogP contribution in [0.25, 0.3) is 0 Å². The van der Waals surface area contributed by atoms with E-state index in [0.29, 0.717) is 0 Å². The number of hydrogen-bond acceptors (Lipinski definition) is 10. The van der Waals surface area contributed by atoms with Gasteiger partial charge in [-0.2, -0.15) is 0 Å². The van der Waals surface area contributed by atoms with Crippen LogP contribution in [0.3, 0.4) is 0 Å². The summed E-state index contributed by atoms with van der Waals surface area (Å²) >= 11 is 0.805. The number of likely N-dealkylation sites (N-methyl/N-ethyl adjacent to an activating group) is 1. The maximum atomic E-state index is 12.3. The quantitative estimate of drug-likeness (QED) is 0.262. The normalized spacial score (nSPS) is 15.7. The van der Waals surface area contributed by atoms with Gasteiger partial charge in [-0.15, -0.1) is 0 Å². The van der Waals surface area contributed by atoms with Crippen molar-refractivity contribution in [2.45, 2.75) is 25.7 Å². The van der Waals surface area contributed by atoms with Gasteiger partial charge in [0.05, 0.1) is 25.4 Å². The number of esters is 1. The SMILES string of the molecule is CC(=O)SCC(=O)NCC(=O)NCC(=O)N(C)CC(O)C1OC(=O)C(O)=C1OCc1ccccc1. The molecule has 0 bridgehead atoms. The van der Waals surface area contributed by atoms with Gasteiger partial charge in [-0.25, -0.2) is 4.79 Å². The molecule has 0 fully saturated rings. The molecule has 13 heteroatoms. The molecule has 0 saturated carbocycles. The molecule has 12 nitrogen and oxygen atoms in total. The van der Waals surface area contributed by atoms with Crippen LogP contribution < -0.4 is 10.6 Å². The molecule has 1 heterocycles. The zero-order chi connectivity index (χ0) is 26.0. The van der Waals surface area contributed by atoms with E-state index in [2.05, 4.69) is 10.6 Å². The van der Waals surface area contributed by atoms with E-state index in [4.69, 9.17) is 9.47 Å². The number of aliphatic hydroxyl groups is 2. The van der Waals surface area contributed by atoms with E-state index in [1.807, 2.05) is 6.07 Å². The van der Waals surface area contributed by atoms with Crippen molar-refractivity contribution >= 4 is 40.6 Å². The first-order valence-electron chi connectivity index (χ1n) is 10.5. The lowest BCUT2D eigenvalue weighted by molar-refractivity contribution is -0.148. The van der Waals surface area contributed by atoms with Crippen molar-refractivity contribution < 1.29 is 43.7 Å². The maximum Gasteiger partial charge on any atom is 0.378 e. The minimum absolute atomic E-state index is 0.0187. The molecular formula is C22H27N3O9S. The summed E-state index contributed by atoms with van der Waals surface area (Å²) in [5.74, 6) is -3.85. The van der Waals surface area contributed by atoms with Gasteiger partial charge in [-0.1, -0.05) is 42.1 Å². The van der Waals surface area contributed by atoms with Crippen molar-refractivity contribution in [2.24, 2.45) is 0 Å². The number of nitrogens with one attached hydrogen (secondary N) is 2. The van der Waals surface area contributed by atoms with E-state index in [0.717, 1.165) is 22.2 Å². The lowest BCUT2D eigenvalue weighted by atomic mass is 10.1. The Balaban J connectivity index is 1.80. The first kappa shape index (κ1) is 27.7. The Labute approximate surface area is 205 Å². The summed E-state index contributed by atoms with van der Waals surface area (Å²) in [4.78, 5) is 59.4. The monoisotopic (exact) mass is 509 g/mol. The average Bonchev–Trinajstić information content (AvgIpc) is 3.12. The lowest BCUT2D eigenvalue weighted by Crippen LogP contribution is -2.46. The van der Waals surface area contributed by atoms with Gasteiger partial charge in [-0.3, -0.25) is 19.2 Å². The van der Waals surface area contributed by atoms with Crippen LogP contribution in [0, 0.1) is 0 Å². The molecule has 4 N–H and O–H groups in total. The minimum Gasteiger partial charge on any atom is -0.499 e. The molecule has 2 atom stereocenters. The molecule has 0 saturated heterocycles. The predicted octanol–water partition coefficient (Wildman–Crippen LogP) is -0.770. The van der Waals surface area contributed by atoms with Crippen LogP contribution in [-0.4, -0.2) is 88.6 Å². The number of aliphatic hydroxyl groups excluding tert-OH is 2. The summed E-state index contributed by atoms with van der Waals surface area (Å²) in [5.41, 5.74) is 0.761. The van der Waals surface area contributed by atoms with E-state index in [1.54, 1.807) is 24.3 Å². The molecule has 1 aromatic rings. The zero-order valence-electron chi connectivity index (χ0n) is 19.2. The second kappa shape index (κ2) is 13.3. The van der Waals surface area contributed by atoms with E-state index in [1.165, 1.54) is 14.0 Å². The Morgan fingerprint density at radius 3 is 2.46 bits per heavy atom. The van der Waals surface area contributed by atoms with Gasteiger partial charge < -0.3 is 35.2 Å². The number of thioether (sulfide) groups is 1. The number of carbonyl (C=O) groups excluding carboxylic acids is 5. The topological polar surface area (TPSA) is 172 Å². The molecule has 0 spiro atoms. The minimum atomic E-state index is -1.42. The van der Waals surface area contributed by atoms with Gasteiger partial charge >= 0.3 is 5.97 Å². The van der Waals surface area contributed by atoms with Crippen LogP contribution in [0.4, 0.5) is 0 Å². The highest BCUT2D eigenvalue weighted by Crippen LogP contribution is 2.26. The van der Waals surface area contributed by atoms with Crippen molar-refractivity contribution in [1.29, 1.82) is 0 Å². The van der Waals surface area contributed by atoms with Gasteiger partial charge in [-0.05, 0) is 5.56 Å². The molecule has 3 amide bonds. The number of carbonyl (C=O) groups is 5. The molecule has 1 aliphatic rings. The summed E-state index contributed by atoms with van der Waals surface area (Å²) in [6.45, 7) is 0.254. The first-order valence-corrected chi connectivity index (χ1v) is 11.5. The molecule has 0 aliphatic carbocycles.